The molecule has 0 aromatic carbocycles. The Hall–Kier alpha value is -0.830. The van der Waals surface area contributed by atoms with E-state index in [1.165, 1.54) is 37.9 Å². The zero-order valence-corrected chi connectivity index (χ0v) is 11.6. The van der Waals surface area contributed by atoms with Gasteiger partial charge in [-0.3, -0.25) is 0 Å². The quantitative estimate of drug-likeness (QED) is 0.669. The summed E-state index contributed by atoms with van der Waals surface area (Å²) >= 11 is 0. The summed E-state index contributed by atoms with van der Waals surface area (Å²) in [5, 5.41) is 3.42. The molecule has 3 nitrogen and oxygen atoms in total. The minimum Gasteiger partial charge on any atom is -0.335 e. The van der Waals surface area contributed by atoms with Gasteiger partial charge in [0, 0.05) is 31.4 Å². The molecule has 0 spiro atoms. The number of hydrogen-bond acceptors (Lipinski definition) is 2. The molecule has 1 aromatic rings. The third-order valence-corrected chi connectivity index (χ3v) is 3.26. The highest BCUT2D eigenvalue weighted by molar-refractivity contribution is 4.95. The molecule has 0 saturated heterocycles. The number of likely N-dealkylation sites (N-methyl/N-ethyl adjacent to an activating group) is 1. The minimum absolute atomic E-state index is 0.569. The lowest BCUT2D eigenvalue weighted by molar-refractivity contribution is 0.470. The van der Waals surface area contributed by atoms with Crippen LogP contribution in [-0.4, -0.2) is 22.6 Å². The van der Waals surface area contributed by atoms with Crippen molar-refractivity contribution in [2.45, 2.75) is 65.0 Å². The number of nitrogens with zero attached hydrogens (tertiary/aromatic N) is 2. The van der Waals surface area contributed by atoms with Crippen molar-refractivity contribution in [2.75, 3.05) is 7.05 Å². The fourth-order valence-electron chi connectivity index (χ4n) is 2.18. The van der Waals surface area contributed by atoms with Crippen LogP contribution in [0.5, 0.6) is 0 Å². The molecule has 1 unspecified atom stereocenters. The Labute approximate surface area is 106 Å². The van der Waals surface area contributed by atoms with Crippen molar-refractivity contribution in [3.8, 4) is 0 Å². The molecule has 98 valence electrons. The summed E-state index contributed by atoms with van der Waals surface area (Å²) in [5.74, 6) is 1.22. The fourth-order valence-corrected chi connectivity index (χ4v) is 2.18. The van der Waals surface area contributed by atoms with Crippen molar-refractivity contribution in [3.05, 3.63) is 18.2 Å². The SMILES string of the molecule is CCCCCC(Cc1nccn1CCC)NC. The van der Waals surface area contributed by atoms with E-state index in [4.69, 9.17) is 0 Å². The maximum atomic E-state index is 4.47. The van der Waals surface area contributed by atoms with Crippen LogP contribution < -0.4 is 5.32 Å². The Morgan fingerprint density at radius 2 is 2.12 bits per heavy atom. The van der Waals surface area contributed by atoms with Gasteiger partial charge < -0.3 is 9.88 Å². The summed E-state index contributed by atoms with van der Waals surface area (Å²) in [4.78, 5) is 4.47. The van der Waals surface area contributed by atoms with Crippen LogP contribution >= 0.6 is 0 Å². The summed E-state index contributed by atoms with van der Waals surface area (Å²) in [5.41, 5.74) is 0. The molecule has 0 fully saturated rings. The van der Waals surface area contributed by atoms with Gasteiger partial charge in [0.05, 0.1) is 0 Å². The lowest BCUT2D eigenvalue weighted by atomic mass is 10.1. The van der Waals surface area contributed by atoms with Gasteiger partial charge in [-0.15, -0.1) is 0 Å². The van der Waals surface area contributed by atoms with Gasteiger partial charge in [0.15, 0.2) is 0 Å². The van der Waals surface area contributed by atoms with E-state index in [1.807, 2.05) is 6.20 Å². The van der Waals surface area contributed by atoms with Gasteiger partial charge in [-0.05, 0) is 19.9 Å². The smallest absolute Gasteiger partial charge is 0.110 e. The minimum atomic E-state index is 0.569. The molecule has 0 aliphatic rings. The van der Waals surface area contributed by atoms with Crippen LogP contribution in [0.1, 0.15) is 51.8 Å². The van der Waals surface area contributed by atoms with Crippen molar-refractivity contribution in [1.82, 2.24) is 14.9 Å². The number of unbranched alkanes of at least 4 members (excludes halogenated alkanes) is 2. The number of aryl methyl sites for hydroxylation is 1. The average molecular weight is 237 g/mol. The van der Waals surface area contributed by atoms with E-state index in [9.17, 15) is 0 Å². The Morgan fingerprint density at radius 3 is 2.76 bits per heavy atom. The molecule has 0 aliphatic heterocycles. The highest BCUT2D eigenvalue weighted by Gasteiger charge is 2.10. The molecule has 0 aliphatic carbocycles. The van der Waals surface area contributed by atoms with Crippen LogP contribution in [-0.2, 0) is 13.0 Å². The topological polar surface area (TPSA) is 29.9 Å². The van der Waals surface area contributed by atoms with Crippen molar-refractivity contribution in [2.24, 2.45) is 0 Å². The molecule has 3 heteroatoms. The third kappa shape index (κ3) is 4.90. The Kier molecular flexibility index (Phi) is 6.94. The van der Waals surface area contributed by atoms with E-state index in [1.54, 1.807) is 0 Å². The lowest BCUT2D eigenvalue weighted by Crippen LogP contribution is -2.28. The van der Waals surface area contributed by atoms with Crippen LogP contribution in [0.15, 0.2) is 12.4 Å². The molecule has 0 bridgehead atoms. The molecule has 17 heavy (non-hydrogen) atoms. The van der Waals surface area contributed by atoms with Gasteiger partial charge in [-0.25, -0.2) is 4.98 Å². The number of rotatable bonds is 9. The standard InChI is InChI=1S/C14H27N3/c1-4-6-7-8-13(15-3)12-14-16-9-11-17(14)10-5-2/h9,11,13,15H,4-8,10,12H2,1-3H3. The van der Waals surface area contributed by atoms with Crippen LogP contribution in [0.2, 0.25) is 0 Å². The number of imidazole rings is 1. The first-order chi connectivity index (χ1) is 8.31. The van der Waals surface area contributed by atoms with E-state index in [0.29, 0.717) is 6.04 Å². The molecule has 1 heterocycles. The number of hydrogen-bond donors (Lipinski definition) is 1. The molecule has 0 saturated carbocycles. The largest absolute Gasteiger partial charge is 0.335 e. The Bertz CT molecular complexity index is 293. The molecule has 1 N–H and O–H groups in total. The highest BCUT2D eigenvalue weighted by Crippen LogP contribution is 2.09. The molecule has 0 radical (unpaired) electrons. The summed E-state index contributed by atoms with van der Waals surface area (Å²) < 4.78 is 2.28. The van der Waals surface area contributed by atoms with Crippen molar-refractivity contribution in [1.29, 1.82) is 0 Å². The van der Waals surface area contributed by atoms with Crippen molar-refractivity contribution >= 4 is 0 Å². The first-order valence-corrected chi connectivity index (χ1v) is 6.99. The first kappa shape index (κ1) is 14.2. The third-order valence-electron chi connectivity index (χ3n) is 3.26. The maximum Gasteiger partial charge on any atom is 0.110 e. The summed E-state index contributed by atoms with van der Waals surface area (Å²) in [7, 11) is 2.06. The van der Waals surface area contributed by atoms with Crippen LogP contribution in [0.3, 0.4) is 0 Å². The average Bonchev–Trinajstić information content (AvgIpc) is 2.76. The molecule has 1 aromatic heterocycles. The van der Waals surface area contributed by atoms with Gasteiger partial charge in [0.25, 0.3) is 0 Å². The fraction of sp³-hybridized carbons (Fsp3) is 0.786. The highest BCUT2D eigenvalue weighted by atomic mass is 15.1. The summed E-state index contributed by atoms with van der Waals surface area (Å²) in [6.45, 7) is 5.55. The van der Waals surface area contributed by atoms with Crippen molar-refractivity contribution < 1.29 is 0 Å². The van der Waals surface area contributed by atoms with Crippen LogP contribution in [0.25, 0.3) is 0 Å². The predicted octanol–water partition coefficient (Wildman–Crippen LogP) is 3.00. The van der Waals surface area contributed by atoms with Gasteiger partial charge in [0.2, 0.25) is 0 Å². The summed E-state index contributed by atoms with van der Waals surface area (Å²) in [6.07, 6.45) is 11.4. The predicted molar refractivity (Wildman–Crippen MR) is 73.2 cm³/mol. The first-order valence-electron chi connectivity index (χ1n) is 6.99. The molecule has 0 amide bonds. The zero-order valence-electron chi connectivity index (χ0n) is 11.6. The monoisotopic (exact) mass is 237 g/mol. The second-order valence-corrected chi connectivity index (χ2v) is 4.72. The Balaban J connectivity index is 2.45. The van der Waals surface area contributed by atoms with Gasteiger partial charge in [-0.2, -0.15) is 0 Å². The second kappa shape index (κ2) is 8.29. The van der Waals surface area contributed by atoms with Crippen molar-refractivity contribution in [3.63, 3.8) is 0 Å². The Morgan fingerprint density at radius 1 is 1.29 bits per heavy atom. The second-order valence-electron chi connectivity index (χ2n) is 4.72. The van der Waals surface area contributed by atoms with Gasteiger partial charge in [-0.1, -0.05) is 33.1 Å². The van der Waals surface area contributed by atoms with Gasteiger partial charge in [0.1, 0.15) is 5.82 Å². The number of nitrogens with one attached hydrogen (secondary N) is 1. The van der Waals surface area contributed by atoms with Crippen LogP contribution in [0, 0.1) is 0 Å². The zero-order chi connectivity index (χ0) is 12.5. The number of aromatic nitrogens is 2. The van der Waals surface area contributed by atoms with E-state index in [2.05, 4.69) is 42.0 Å². The van der Waals surface area contributed by atoms with E-state index in [-0.39, 0.29) is 0 Å². The summed E-state index contributed by atoms with van der Waals surface area (Å²) in [6, 6.07) is 0.569. The molecular formula is C14H27N3. The van der Waals surface area contributed by atoms with E-state index < -0.39 is 0 Å². The normalized spacial score (nSPS) is 12.9. The van der Waals surface area contributed by atoms with Crippen LogP contribution in [0.4, 0.5) is 0 Å². The van der Waals surface area contributed by atoms with E-state index in [0.717, 1.165) is 13.0 Å². The van der Waals surface area contributed by atoms with Gasteiger partial charge >= 0.3 is 0 Å². The maximum absolute atomic E-state index is 4.47. The molecular weight excluding hydrogens is 210 g/mol. The lowest BCUT2D eigenvalue weighted by Gasteiger charge is -2.16. The molecule has 1 rings (SSSR count). The van der Waals surface area contributed by atoms with E-state index >= 15 is 0 Å². The molecule has 1 atom stereocenters.